The average Bonchev–Trinajstić information content (AvgIpc) is 2.66. The van der Waals surface area contributed by atoms with Gasteiger partial charge in [0.25, 0.3) is 0 Å². The van der Waals surface area contributed by atoms with Gasteiger partial charge in [-0.3, -0.25) is 10.3 Å². The first kappa shape index (κ1) is 18.5. The Morgan fingerprint density at radius 3 is 2.60 bits per heavy atom. The Balaban J connectivity index is 1.97. The highest BCUT2D eigenvalue weighted by molar-refractivity contribution is 5.71. The Kier molecular flexibility index (Phi) is 7.04. The molecule has 0 unspecified atom stereocenters. The van der Waals surface area contributed by atoms with Gasteiger partial charge in [-0.15, -0.1) is 0 Å². The summed E-state index contributed by atoms with van der Waals surface area (Å²) in [6, 6.07) is 15.6. The van der Waals surface area contributed by atoms with E-state index < -0.39 is 5.97 Å². The molecule has 25 heavy (non-hydrogen) atoms. The van der Waals surface area contributed by atoms with E-state index in [-0.39, 0.29) is 6.61 Å². The van der Waals surface area contributed by atoms with Crippen molar-refractivity contribution in [3.8, 4) is 5.75 Å². The Morgan fingerprint density at radius 2 is 1.92 bits per heavy atom. The molecule has 0 aliphatic rings. The van der Waals surface area contributed by atoms with Crippen molar-refractivity contribution in [2.75, 3.05) is 13.7 Å². The molecule has 1 N–H and O–H groups in total. The minimum Gasteiger partial charge on any atom is -0.482 e. The molecule has 0 amide bonds. The zero-order chi connectivity index (χ0) is 18.1. The summed E-state index contributed by atoms with van der Waals surface area (Å²) in [5, 5.41) is 0. The Bertz CT molecular complexity index is 713. The number of aryl methyl sites for hydroxylation is 1. The van der Waals surface area contributed by atoms with Crippen LogP contribution in [0.25, 0.3) is 5.70 Å². The van der Waals surface area contributed by atoms with Crippen LogP contribution < -0.4 is 10.2 Å². The van der Waals surface area contributed by atoms with Crippen LogP contribution >= 0.6 is 0 Å². The summed E-state index contributed by atoms with van der Waals surface area (Å²) in [6.45, 7) is 6.31. The van der Waals surface area contributed by atoms with Crippen LogP contribution in [0.3, 0.4) is 0 Å². The van der Waals surface area contributed by atoms with Gasteiger partial charge in [0.15, 0.2) is 6.61 Å². The van der Waals surface area contributed by atoms with Crippen LogP contribution in [0.4, 0.5) is 0 Å². The highest BCUT2D eigenvalue weighted by atomic mass is 16.6. The number of carbonyl (C=O) groups is 1. The molecule has 0 aliphatic heterocycles. The van der Waals surface area contributed by atoms with E-state index in [1.54, 1.807) is 0 Å². The molecule has 0 spiro atoms. The SMILES string of the molecule is C=C(NOCc1ccccc1)c1ccc(CC)c(OCC(=O)OC)c1. The maximum atomic E-state index is 11.3. The molecule has 0 fully saturated rings. The van der Waals surface area contributed by atoms with Gasteiger partial charge < -0.3 is 9.47 Å². The average molecular weight is 341 g/mol. The summed E-state index contributed by atoms with van der Waals surface area (Å²) < 4.78 is 10.2. The number of ether oxygens (including phenoxy) is 2. The monoisotopic (exact) mass is 341 g/mol. The molecule has 132 valence electrons. The van der Waals surface area contributed by atoms with E-state index in [1.165, 1.54) is 7.11 Å². The minimum atomic E-state index is -0.421. The largest absolute Gasteiger partial charge is 0.482 e. The van der Waals surface area contributed by atoms with Crippen molar-refractivity contribution in [2.24, 2.45) is 0 Å². The van der Waals surface area contributed by atoms with Crippen molar-refractivity contribution in [3.63, 3.8) is 0 Å². The standard InChI is InChI=1S/C20H23NO4/c1-4-17-10-11-18(12-19(17)24-14-20(22)23-3)15(2)21-25-13-16-8-6-5-7-9-16/h5-12,21H,2,4,13-14H2,1,3H3. The first-order valence-electron chi connectivity index (χ1n) is 8.07. The quantitative estimate of drug-likeness (QED) is 0.559. The highest BCUT2D eigenvalue weighted by Gasteiger charge is 2.09. The molecule has 0 heterocycles. The van der Waals surface area contributed by atoms with E-state index in [1.807, 2.05) is 55.5 Å². The summed E-state index contributed by atoms with van der Waals surface area (Å²) in [5.41, 5.74) is 6.35. The number of rotatable bonds is 9. The third kappa shape index (κ3) is 5.65. The number of hydroxylamine groups is 1. The van der Waals surface area contributed by atoms with Crippen LogP contribution in [0.5, 0.6) is 5.75 Å². The molecule has 0 aromatic heterocycles. The van der Waals surface area contributed by atoms with Crippen LogP contribution in [0.15, 0.2) is 55.1 Å². The third-order valence-corrected chi connectivity index (χ3v) is 3.65. The van der Waals surface area contributed by atoms with Crippen LogP contribution in [-0.4, -0.2) is 19.7 Å². The molecule has 2 aromatic carbocycles. The van der Waals surface area contributed by atoms with E-state index in [9.17, 15) is 4.79 Å². The van der Waals surface area contributed by atoms with Gasteiger partial charge in [0.05, 0.1) is 19.4 Å². The molecule has 0 saturated carbocycles. The van der Waals surface area contributed by atoms with Crippen molar-refractivity contribution in [3.05, 3.63) is 71.8 Å². The number of hydrogen-bond acceptors (Lipinski definition) is 5. The van der Waals surface area contributed by atoms with E-state index >= 15 is 0 Å². The molecule has 5 nitrogen and oxygen atoms in total. The van der Waals surface area contributed by atoms with E-state index in [2.05, 4.69) is 16.8 Å². The fraction of sp³-hybridized carbons (Fsp3) is 0.250. The first-order valence-corrected chi connectivity index (χ1v) is 8.07. The van der Waals surface area contributed by atoms with Gasteiger partial charge in [-0.05, 0) is 23.6 Å². The summed E-state index contributed by atoms with van der Waals surface area (Å²) in [4.78, 5) is 16.8. The third-order valence-electron chi connectivity index (χ3n) is 3.65. The van der Waals surface area contributed by atoms with Crippen LogP contribution in [0, 0.1) is 0 Å². The first-order chi connectivity index (χ1) is 12.1. The zero-order valence-corrected chi connectivity index (χ0v) is 14.6. The van der Waals surface area contributed by atoms with Gasteiger partial charge in [-0.2, -0.15) is 0 Å². The van der Waals surface area contributed by atoms with Crippen molar-refractivity contribution in [1.82, 2.24) is 5.48 Å². The normalized spacial score (nSPS) is 10.2. The number of benzene rings is 2. The Morgan fingerprint density at radius 1 is 1.16 bits per heavy atom. The summed E-state index contributed by atoms with van der Waals surface area (Å²) in [5.74, 6) is 0.215. The van der Waals surface area contributed by atoms with Gasteiger partial charge in [0, 0.05) is 5.56 Å². The molecule has 0 bridgehead atoms. The number of hydrogen-bond donors (Lipinski definition) is 1. The summed E-state index contributed by atoms with van der Waals surface area (Å²) >= 11 is 0. The summed E-state index contributed by atoms with van der Waals surface area (Å²) in [6.07, 6.45) is 0.793. The maximum Gasteiger partial charge on any atom is 0.343 e. The lowest BCUT2D eigenvalue weighted by atomic mass is 10.1. The lowest BCUT2D eigenvalue weighted by molar-refractivity contribution is -0.142. The van der Waals surface area contributed by atoms with E-state index in [0.717, 1.165) is 23.1 Å². The van der Waals surface area contributed by atoms with Gasteiger partial charge in [-0.25, -0.2) is 4.79 Å². The lowest BCUT2D eigenvalue weighted by Gasteiger charge is -2.14. The van der Waals surface area contributed by atoms with Crippen LogP contribution in [-0.2, 0) is 27.4 Å². The highest BCUT2D eigenvalue weighted by Crippen LogP contribution is 2.24. The van der Waals surface area contributed by atoms with Gasteiger partial charge >= 0.3 is 5.97 Å². The van der Waals surface area contributed by atoms with E-state index in [0.29, 0.717) is 18.1 Å². The number of carbonyl (C=O) groups excluding carboxylic acids is 1. The Hall–Kier alpha value is -2.79. The predicted octanol–water partition coefficient (Wildman–Crippen LogP) is 3.49. The molecule has 0 radical (unpaired) electrons. The van der Waals surface area contributed by atoms with Crippen molar-refractivity contribution < 1.29 is 19.1 Å². The summed E-state index contributed by atoms with van der Waals surface area (Å²) in [7, 11) is 1.33. The molecule has 0 saturated heterocycles. The molecule has 2 aromatic rings. The van der Waals surface area contributed by atoms with Gasteiger partial charge in [0.2, 0.25) is 0 Å². The smallest absolute Gasteiger partial charge is 0.343 e. The molecule has 0 atom stereocenters. The second-order valence-corrected chi connectivity index (χ2v) is 5.40. The number of methoxy groups -OCH3 is 1. The zero-order valence-electron chi connectivity index (χ0n) is 14.6. The molecule has 0 aliphatic carbocycles. The minimum absolute atomic E-state index is 0.128. The Labute approximate surface area is 148 Å². The predicted molar refractivity (Wildman–Crippen MR) is 96.7 cm³/mol. The second-order valence-electron chi connectivity index (χ2n) is 5.40. The maximum absolute atomic E-state index is 11.3. The fourth-order valence-electron chi connectivity index (χ4n) is 2.20. The second kappa shape index (κ2) is 9.49. The van der Waals surface area contributed by atoms with Crippen molar-refractivity contribution in [2.45, 2.75) is 20.0 Å². The van der Waals surface area contributed by atoms with Gasteiger partial charge in [-0.1, -0.05) is 56.0 Å². The van der Waals surface area contributed by atoms with E-state index in [4.69, 9.17) is 9.57 Å². The topological polar surface area (TPSA) is 56.8 Å². The van der Waals surface area contributed by atoms with Crippen LogP contribution in [0.1, 0.15) is 23.6 Å². The molecule has 2 rings (SSSR count). The lowest BCUT2D eigenvalue weighted by Crippen LogP contribution is -2.14. The van der Waals surface area contributed by atoms with Gasteiger partial charge in [0.1, 0.15) is 5.75 Å². The number of nitrogens with one attached hydrogen (secondary N) is 1. The molecular formula is C20H23NO4. The molecule has 5 heteroatoms. The number of esters is 1. The fourth-order valence-corrected chi connectivity index (χ4v) is 2.20. The van der Waals surface area contributed by atoms with Crippen LogP contribution in [0.2, 0.25) is 0 Å². The van der Waals surface area contributed by atoms with Crippen molar-refractivity contribution >= 4 is 11.7 Å². The van der Waals surface area contributed by atoms with Crippen molar-refractivity contribution in [1.29, 1.82) is 0 Å². The molecular weight excluding hydrogens is 318 g/mol.